The van der Waals surface area contributed by atoms with E-state index in [2.05, 4.69) is 0 Å². The summed E-state index contributed by atoms with van der Waals surface area (Å²) in [5.41, 5.74) is 0.556. The van der Waals surface area contributed by atoms with E-state index in [-0.39, 0.29) is 18.2 Å². The molecule has 1 aromatic rings. The van der Waals surface area contributed by atoms with Gasteiger partial charge in [0, 0.05) is 25.2 Å². The first-order valence-corrected chi connectivity index (χ1v) is 11.5. The van der Waals surface area contributed by atoms with Crippen LogP contribution in [0.2, 0.25) is 0 Å². The molecule has 172 valence electrons. The molecule has 0 unspecified atom stereocenters. The standard InChI is InChI=1S/C25H32N2O5/c1-31-19-11-9-18(10-12-19)17-27-21-8-4-3-5-13-25(21,24(30)32-2)20(23(27)29)16-22(28)26-14-6-7-15-26/h8-12,20H,3-7,13-17H2,1-2H3/t20-,25-/m0/s1. The highest BCUT2D eigenvalue weighted by Crippen LogP contribution is 2.53. The molecule has 2 amide bonds. The average Bonchev–Trinajstić information content (AvgIpc) is 3.35. The Balaban J connectivity index is 1.70. The zero-order chi connectivity index (χ0) is 22.7. The number of carbonyl (C=O) groups excluding carboxylic acids is 3. The number of benzene rings is 1. The van der Waals surface area contributed by atoms with Gasteiger partial charge in [0.1, 0.15) is 11.2 Å². The normalized spacial score (nSPS) is 25.2. The van der Waals surface area contributed by atoms with Crippen molar-refractivity contribution in [2.45, 2.75) is 51.5 Å². The Morgan fingerprint density at radius 1 is 1.06 bits per heavy atom. The summed E-state index contributed by atoms with van der Waals surface area (Å²) in [6, 6.07) is 7.57. The number of esters is 1. The molecule has 4 rings (SSSR count). The molecule has 2 fully saturated rings. The van der Waals surface area contributed by atoms with Crippen LogP contribution in [0.3, 0.4) is 0 Å². The van der Waals surface area contributed by atoms with Crippen molar-refractivity contribution >= 4 is 17.8 Å². The van der Waals surface area contributed by atoms with Crippen molar-refractivity contribution in [3.63, 3.8) is 0 Å². The zero-order valence-electron chi connectivity index (χ0n) is 19.0. The molecule has 2 atom stereocenters. The van der Waals surface area contributed by atoms with E-state index >= 15 is 0 Å². The van der Waals surface area contributed by atoms with Gasteiger partial charge in [-0.05, 0) is 49.8 Å². The number of hydrogen-bond acceptors (Lipinski definition) is 5. The van der Waals surface area contributed by atoms with Crippen molar-refractivity contribution in [2.24, 2.45) is 11.3 Å². The van der Waals surface area contributed by atoms with Crippen LogP contribution in [0.25, 0.3) is 0 Å². The van der Waals surface area contributed by atoms with Gasteiger partial charge >= 0.3 is 5.97 Å². The molecular formula is C25H32N2O5. The minimum absolute atomic E-state index is 0.0426. The van der Waals surface area contributed by atoms with Crippen molar-refractivity contribution in [3.8, 4) is 5.75 Å². The van der Waals surface area contributed by atoms with E-state index in [0.29, 0.717) is 18.7 Å². The van der Waals surface area contributed by atoms with Gasteiger partial charge in [0.05, 0.1) is 26.7 Å². The van der Waals surface area contributed by atoms with Gasteiger partial charge in [0.2, 0.25) is 11.8 Å². The van der Waals surface area contributed by atoms with Gasteiger partial charge in [0.25, 0.3) is 0 Å². The van der Waals surface area contributed by atoms with E-state index in [1.165, 1.54) is 7.11 Å². The van der Waals surface area contributed by atoms with Crippen LogP contribution >= 0.6 is 0 Å². The van der Waals surface area contributed by atoms with Crippen LogP contribution in [0.15, 0.2) is 36.0 Å². The predicted molar refractivity (Wildman–Crippen MR) is 118 cm³/mol. The Bertz CT molecular complexity index is 903. The molecule has 1 aliphatic carbocycles. The predicted octanol–water partition coefficient (Wildman–Crippen LogP) is 3.28. The van der Waals surface area contributed by atoms with Crippen molar-refractivity contribution in [1.82, 2.24) is 9.80 Å². The number of ether oxygens (including phenoxy) is 2. The van der Waals surface area contributed by atoms with E-state index in [4.69, 9.17) is 9.47 Å². The second-order valence-electron chi connectivity index (χ2n) is 8.92. The average molecular weight is 441 g/mol. The van der Waals surface area contributed by atoms with Gasteiger partial charge in [0.15, 0.2) is 0 Å². The van der Waals surface area contributed by atoms with Crippen LogP contribution in [0, 0.1) is 11.3 Å². The lowest BCUT2D eigenvalue weighted by atomic mass is 9.71. The van der Waals surface area contributed by atoms with E-state index in [0.717, 1.165) is 56.5 Å². The summed E-state index contributed by atoms with van der Waals surface area (Å²) in [4.78, 5) is 43.7. The van der Waals surface area contributed by atoms with E-state index < -0.39 is 17.3 Å². The van der Waals surface area contributed by atoms with Crippen LogP contribution in [0.1, 0.15) is 50.5 Å². The highest BCUT2D eigenvalue weighted by Gasteiger charge is 2.61. The first-order valence-electron chi connectivity index (χ1n) is 11.5. The topological polar surface area (TPSA) is 76.1 Å². The lowest BCUT2D eigenvalue weighted by molar-refractivity contribution is -0.156. The molecule has 0 aromatic heterocycles. The fourth-order valence-electron chi connectivity index (χ4n) is 5.46. The maximum absolute atomic E-state index is 13.8. The summed E-state index contributed by atoms with van der Waals surface area (Å²) in [7, 11) is 2.98. The lowest BCUT2D eigenvalue weighted by Crippen LogP contribution is -2.42. The number of fused-ring (bicyclic) bond motifs is 1. The third-order valence-electron chi connectivity index (χ3n) is 7.16. The van der Waals surface area contributed by atoms with Crippen molar-refractivity contribution in [1.29, 1.82) is 0 Å². The Labute approximate surface area is 189 Å². The fourth-order valence-corrected chi connectivity index (χ4v) is 5.46. The summed E-state index contributed by atoms with van der Waals surface area (Å²) < 4.78 is 10.5. The number of carbonyl (C=O) groups is 3. The Morgan fingerprint density at radius 2 is 1.78 bits per heavy atom. The highest BCUT2D eigenvalue weighted by atomic mass is 16.5. The number of methoxy groups -OCH3 is 2. The minimum atomic E-state index is -1.09. The Kier molecular flexibility index (Phi) is 6.53. The van der Waals surface area contributed by atoms with Crippen molar-refractivity contribution in [3.05, 3.63) is 41.6 Å². The lowest BCUT2D eigenvalue weighted by Gasteiger charge is -2.32. The molecule has 2 aliphatic heterocycles. The monoisotopic (exact) mass is 440 g/mol. The maximum Gasteiger partial charge on any atom is 0.318 e. The van der Waals surface area contributed by atoms with Crippen LogP contribution < -0.4 is 4.74 Å². The van der Waals surface area contributed by atoms with E-state index in [1.54, 1.807) is 12.0 Å². The van der Waals surface area contributed by atoms with Crippen LogP contribution in [0.5, 0.6) is 5.75 Å². The molecule has 0 spiro atoms. The zero-order valence-corrected chi connectivity index (χ0v) is 19.0. The summed E-state index contributed by atoms with van der Waals surface area (Å²) in [6.07, 6.45) is 7.12. The van der Waals surface area contributed by atoms with Gasteiger partial charge in [-0.3, -0.25) is 14.4 Å². The third-order valence-corrected chi connectivity index (χ3v) is 7.16. The molecular weight excluding hydrogens is 408 g/mol. The van der Waals surface area contributed by atoms with Gasteiger partial charge in [-0.25, -0.2) is 0 Å². The highest BCUT2D eigenvalue weighted by molar-refractivity contribution is 5.98. The van der Waals surface area contributed by atoms with Gasteiger partial charge < -0.3 is 19.3 Å². The van der Waals surface area contributed by atoms with Crippen LogP contribution in [-0.4, -0.2) is 54.9 Å². The largest absolute Gasteiger partial charge is 0.497 e. The van der Waals surface area contributed by atoms with E-state index in [1.807, 2.05) is 35.2 Å². The van der Waals surface area contributed by atoms with Gasteiger partial charge in [-0.2, -0.15) is 0 Å². The molecule has 2 heterocycles. The minimum Gasteiger partial charge on any atom is -0.497 e. The summed E-state index contributed by atoms with van der Waals surface area (Å²) >= 11 is 0. The first kappa shape index (κ1) is 22.4. The smallest absolute Gasteiger partial charge is 0.318 e. The number of hydrogen-bond donors (Lipinski definition) is 0. The third kappa shape index (κ3) is 3.89. The number of amides is 2. The number of nitrogens with zero attached hydrogens (tertiary/aromatic N) is 2. The molecule has 0 radical (unpaired) electrons. The van der Waals surface area contributed by atoms with Gasteiger partial charge in [-0.1, -0.05) is 24.6 Å². The van der Waals surface area contributed by atoms with Crippen molar-refractivity contribution in [2.75, 3.05) is 27.3 Å². The fraction of sp³-hybridized carbons (Fsp3) is 0.560. The quantitative estimate of drug-likeness (QED) is 0.635. The Hall–Kier alpha value is -2.83. The van der Waals surface area contributed by atoms with Crippen LogP contribution in [-0.2, 0) is 25.7 Å². The summed E-state index contributed by atoms with van der Waals surface area (Å²) in [5, 5.41) is 0. The molecule has 7 heteroatoms. The molecule has 3 aliphatic rings. The summed E-state index contributed by atoms with van der Waals surface area (Å²) in [6.45, 7) is 1.80. The molecule has 7 nitrogen and oxygen atoms in total. The molecule has 32 heavy (non-hydrogen) atoms. The SMILES string of the molecule is COC(=O)[C@]12CCCCC=C1N(Cc1ccc(OC)cc1)C(=O)[C@@H]2CC(=O)N1CCCC1. The maximum atomic E-state index is 13.8. The second kappa shape index (κ2) is 9.35. The number of likely N-dealkylation sites (tertiary alicyclic amines) is 2. The molecule has 2 saturated heterocycles. The van der Waals surface area contributed by atoms with Crippen LogP contribution in [0.4, 0.5) is 0 Å². The first-order chi connectivity index (χ1) is 15.5. The molecule has 0 N–H and O–H groups in total. The van der Waals surface area contributed by atoms with Gasteiger partial charge in [-0.15, -0.1) is 0 Å². The second-order valence-corrected chi connectivity index (χ2v) is 8.92. The van der Waals surface area contributed by atoms with E-state index in [9.17, 15) is 14.4 Å². The van der Waals surface area contributed by atoms with Crippen molar-refractivity contribution < 1.29 is 23.9 Å². The molecule has 0 saturated carbocycles. The number of rotatable bonds is 6. The Morgan fingerprint density at radius 3 is 2.44 bits per heavy atom. The summed E-state index contributed by atoms with van der Waals surface area (Å²) in [5.74, 6) is -0.597. The number of allylic oxidation sites excluding steroid dienone is 1. The molecule has 0 bridgehead atoms. The molecule has 1 aromatic carbocycles.